The van der Waals surface area contributed by atoms with Crippen molar-refractivity contribution < 1.29 is 163 Å². The number of benzene rings is 6. The van der Waals surface area contributed by atoms with Crippen molar-refractivity contribution in [1.82, 2.24) is 0 Å². The Morgan fingerprint density at radius 3 is 0.736 bits per heavy atom. The van der Waals surface area contributed by atoms with Gasteiger partial charge in [0.2, 0.25) is 0 Å². The maximum absolute atomic E-state index is 13.1. The van der Waals surface area contributed by atoms with Crippen molar-refractivity contribution in [2.75, 3.05) is 118 Å². The number of methoxy groups -OCH3 is 4. The largest absolute Gasteiger partial charge is 0.457 e. The van der Waals surface area contributed by atoms with Crippen molar-refractivity contribution in [2.45, 2.75) is 293 Å². The van der Waals surface area contributed by atoms with Gasteiger partial charge < -0.3 is 66.3 Å². The molecular weight excluding hydrogens is 2180 g/mol. The first-order valence-electron chi connectivity index (χ1n) is 53.1. The van der Waals surface area contributed by atoms with Gasteiger partial charge in [-0.2, -0.15) is 35.1 Å². The highest BCUT2D eigenvalue weighted by Crippen LogP contribution is 2.65. The van der Waals surface area contributed by atoms with E-state index in [0.29, 0.717) is 99.6 Å². The van der Waals surface area contributed by atoms with Crippen LogP contribution in [-0.2, 0) is 118 Å². The van der Waals surface area contributed by atoms with E-state index in [0.717, 1.165) is 155 Å². The number of carbonyl (C=O) groups is 4. The molecule has 820 valence electrons. The second kappa shape index (κ2) is 53.4. The van der Waals surface area contributed by atoms with E-state index in [-0.39, 0.29) is 173 Å². The minimum Gasteiger partial charge on any atom is -0.457 e. The van der Waals surface area contributed by atoms with Crippen LogP contribution in [0.5, 0.6) is 0 Å². The Bertz CT molecular complexity index is 4610. The van der Waals surface area contributed by atoms with Crippen molar-refractivity contribution in [1.29, 1.82) is 0 Å². The van der Waals surface area contributed by atoms with Crippen LogP contribution >= 0.6 is 0 Å². The van der Waals surface area contributed by atoms with Crippen molar-refractivity contribution in [2.24, 2.45) is 92.7 Å². The third kappa shape index (κ3) is 34.2. The first kappa shape index (κ1) is 119. The van der Waals surface area contributed by atoms with E-state index in [1.165, 1.54) is 58.2 Å². The van der Waals surface area contributed by atoms with Gasteiger partial charge in [-0.05, 0) is 330 Å². The molecule has 148 heavy (non-hydrogen) atoms. The van der Waals surface area contributed by atoms with Crippen LogP contribution in [0.3, 0.4) is 0 Å². The molecule has 16 saturated carbocycles. The van der Waals surface area contributed by atoms with Gasteiger partial charge in [-0.1, -0.05) is 139 Å². The SMILES string of the molecule is CC(C)(C)c1ccc([S+]2CCOCC2)cc1.CC(C)(C)c1ccc([S+]2CCOCC2)cc1.COC(C)OCC12CC3CC(C1)C(OC(=O)C(C)(F)F)C(C3)C2.COC(C)OCC12CC3CC(C1)C(OC(=O)C(C)(F)F)C(C3)C2.COCOCC12CC3CC(C1)C(OC(=O)C(C)(F)F)C(C3)C2.COCOCC12CC3CC(C1)C(OC(=O)C(C)(F)F)C(C3)C2.c1ccc([I+]c2ccccc2)cc1.c1ccc([I+]c2ccccc2)cc1. The van der Waals surface area contributed by atoms with Gasteiger partial charge in [-0.3, -0.25) is 0 Å². The predicted molar refractivity (Wildman–Crippen MR) is 550 cm³/mol. The number of hydrogen-bond donors (Lipinski definition) is 0. The Morgan fingerprint density at radius 2 is 0.541 bits per heavy atom. The Balaban J connectivity index is 0.000000142. The highest BCUT2D eigenvalue weighted by atomic mass is 127. The summed E-state index contributed by atoms with van der Waals surface area (Å²) < 4.78 is 186. The molecule has 0 aromatic heterocycles. The van der Waals surface area contributed by atoms with E-state index in [1.54, 1.807) is 28.4 Å². The molecule has 0 amide bonds. The van der Waals surface area contributed by atoms with Crippen molar-refractivity contribution in [3.05, 3.63) is 195 Å². The van der Waals surface area contributed by atoms with Crippen molar-refractivity contribution in [3.8, 4) is 0 Å². The third-order valence-corrected chi connectivity index (χ3v) is 42.0. The third-order valence-electron chi connectivity index (χ3n) is 32.2. The summed E-state index contributed by atoms with van der Waals surface area (Å²) in [5.41, 5.74) is 3.80. The smallest absolute Gasteiger partial charge is 0.376 e. The van der Waals surface area contributed by atoms with Crippen LogP contribution in [0, 0.1) is 107 Å². The molecule has 16 aliphatic carbocycles. The Hall–Kier alpha value is -5.60. The van der Waals surface area contributed by atoms with Crippen LogP contribution in [0.15, 0.2) is 180 Å². The predicted octanol–water partition coefficient (Wildman–Crippen LogP) is 18.4. The van der Waals surface area contributed by atoms with Gasteiger partial charge in [-0.15, -0.1) is 0 Å². The maximum atomic E-state index is 13.1. The molecule has 24 rings (SSSR count). The normalized spacial score (nSPS) is 30.2. The second-order valence-corrected chi connectivity index (χ2v) is 57.2. The van der Waals surface area contributed by atoms with Crippen LogP contribution in [0.4, 0.5) is 35.1 Å². The number of hydrogen-bond acceptors (Lipinski definition) is 18. The van der Waals surface area contributed by atoms with E-state index >= 15 is 0 Å². The molecule has 2 saturated heterocycles. The summed E-state index contributed by atoms with van der Waals surface area (Å²) in [4.78, 5) is 49.2. The molecule has 10 atom stereocenters. The first-order chi connectivity index (χ1) is 70.1. The number of halogens is 10. The molecule has 30 heteroatoms. The lowest BCUT2D eigenvalue weighted by Crippen LogP contribution is -3.61. The molecule has 2 aliphatic heterocycles. The zero-order valence-electron chi connectivity index (χ0n) is 89.5. The maximum Gasteiger partial charge on any atom is 0.376 e. The van der Waals surface area contributed by atoms with Crippen LogP contribution in [0.25, 0.3) is 0 Å². The van der Waals surface area contributed by atoms with Gasteiger partial charge in [0.25, 0.3) is 0 Å². The average Bonchev–Trinajstić information content (AvgIpc) is 0.743. The van der Waals surface area contributed by atoms with Crippen LogP contribution < -0.4 is 42.4 Å². The highest BCUT2D eigenvalue weighted by molar-refractivity contribution is 7.97. The topological polar surface area (TPSA) is 197 Å². The summed E-state index contributed by atoms with van der Waals surface area (Å²) in [7, 11) is 7.29. The summed E-state index contributed by atoms with van der Waals surface area (Å²) in [6, 6.07) is 61.2. The molecular formula is C118H162F8I2O18S2+4. The monoisotopic (exact) mass is 2340 g/mol. The number of esters is 4. The molecule has 6 aromatic rings. The summed E-state index contributed by atoms with van der Waals surface area (Å²) in [6.45, 7) is 26.6. The van der Waals surface area contributed by atoms with Gasteiger partial charge in [0.05, 0.1) is 52.9 Å². The standard InChI is InChI=1S/2C17H26F2O4.2C16H24F2O4.2C14H21OS.2C12H10I/c2*1-10(21-3)22-9-17-6-11-4-12(7-17)14(13(5-11)8-17)23-15(20)16(2,18)19;2*1-15(17,18)14(19)22-13-11-3-10-4-12(13)7-16(5-10,6-11)8-21-9-20-2;2*1-14(2,3)12-4-6-13(7-5-12)16-10-8-15-9-11-16;2*1-3-7-11(8-4-1)13-12-9-5-2-6-10-12/h2*10-14H,4-9H2,1-3H3;2*10-13H,3-9H2,1-2H3;2*4-7H,8-11H2,1-3H3;2*1-10H/q;;;;4*+1. The fourth-order valence-corrected chi connectivity index (χ4v) is 34.6. The molecule has 18 aliphatic rings. The van der Waals surface area contributed by atoms with Crippen LogP contribution in [0.1, 0.15) is 223 Å². The fourth-order valence-electron chi connectivity index (χ4n) is 26.4. The molecule has 0 N–H and O–H groups in total. The van der Waals surface area contributed by atoms with Gasteiger partial charge in [0.1, 0.15) is 61.0 Å². The molecule has 16 bridgehead atoms. The molecule has 2 heterocycles. The molecule has 18 fully saturated rings. The Kier molecular flexibility index (Phi) is 43.1. The summed E-state index contributed by atoms with van der Waals surface area (Å²) in [6.07, 6.45) is 17.7. The van der Waals surface area contributed by atoms with Gasteiger partial charge >= 0.3 is 90.0 Å². The van der Waals surface area contributed by atoms with E-state index in [4.69, 9.17) is 66.3 Å². The van der Waals surface area contributed by atoms with E-state index < -0.39 is 47.6 Å². The Morgan fingerprint density at radius 1 is 0.324 bits per heavy atom. The van der Waals surface area contributed by atoms with E-state index in [1.807, 2.05) is 13.8 Å². The lowest BCUT2D eigenvalue weighted by atomic mass is 9.48. The van der Waals surface area contributed by atoms with Crippen LogP contribution in [-0.4, -0.2) is 202 Å². The minimum atomic E-state index is -3.41. The zero-order valence-corrected chi connectivity index (χ0v) is 95.5. The summed E-state index contributed by atoms with van der Waals surface area (Å²) in [5, 5.41) is 0. The highest BCUT2D eigenvalue weighted by Gasteiger charge is 2.63. The Labute approximate surface area is 900 Å². The lowest BCUT2D eigenvalue weighted by molar-refractivity contribution is -0.597. The first-order valence-corrected chi connectivity index (χ1v) is 60.6. The lowest BCUT2D eigenvalue weighted by Gasteiger charge is -2.59. The van der Waals surface area contributed by atoms with Gasteiger partial charge in [0, 0.05) is 77.9 Å². The van der Waals surface area contributed by atoms with Crippen molar-refractivity contribution in [3.63, 3.8) is 0 Å². The zero-order chi connectivity index (χ0) is 107. The second-order valence-electron chi connectivity index (χ2n) is 46.6. The average molecular weight is 2340 g/mol. The number of rotatable bonds is 30. The number of ether oxygens (including phenoxy) is 14. The van der Waals surface area contributed by atoms with E-state index in [2.05, 4.69) is 211 Å². The number of alkyl halides is 8. The van der Waals surface area contributed by atoms with E-state index in [9.17, 15) is 54.3 Å². The minimum absolute atomic E-state index is 0.0287. The molecule has 0 spiro atoms. The molecule has 6 aromatic carbocycles. The van der Waals surface area contributed by atoms with Gasteiger partial charge in [-0.25, -0.2) is 19.2 Å². The fraction of sp³-hybridized carbons (Fsp3) is 0.661. The van der Waals surface area contributed by atoms with Crippen LogP contribution in [0.2, 0.25) is 0 Å². The molecule has 18 nitrogen and oxygen atoms in total. The van der Waals surface area contributed by atoms with Crippen molar-refractivity contribution >= 4 is 45.7 Å². The summed E-state index contributed by atoms with van der Waals surface area (Å²) in [5.74, 6) is -10.4. The molecule has 10 unspecified atom stereocenters. The molecule has 0 radical (unpaired) electrons. The quantitative estimate of drug-likeness (QED) is 0.00784. The van der Waals surface area contributed by atoms with Gasteiger partial charge in [0.15, 0.2) is 36.7 Å². The summed E-state index contributed by atoms with van der Waals surface area (Å²) >= 11 is 0.0574. The number of carbonyl (C=O) groups excluding carboxylic acids is 4.